The fourth-order valence-electron chi connectivity index (χ4n) is 4.27. The van der Waals surface area contributed by atoms with E-state index >= 15 is 0 Å². The molecule has 3 aromatic carbocycles. The van der Waals surface area contributed by atoms with Crippen LogP contribution in [-0.2, 0) is 0 Å². The zero-order valence-electron chi connectivity index (χ0n) is 19.0. The Balaban J connectivity index is 1.64. The largest absolute Gasteiger partial charge is 0.453 e. The standard InChI is InChI=1S/C28H34N2O2/c1-2-3-6-15-26(30-20-18-29-19-21-30)23-16-17-27(31-24-11-7-4-8-12-24)28(22-23)32-25-13-9-5-10-14-25/h4-5,7-14,16-17,22,26,29H,2-3,6,15,18-21H2,1H3/t26-/m1/s1. The molecule has 0 saturated carbocycles. The Kier molecular flexibility index (Phi) is 8.18. The highest BCUT2D eigenvalue weighted by Crippen LogP contribution is 2.39. The molecule has 4 nitrogen and oxygen atoms in total. The lowest BCUT2D eigenvalue weighted by Gasteiger charge is -2.35. The first-order valence-electron chi connectivity index (χ1n) is 11.9. The third kappa shape index (κ3) is 6.12. The monoisotopic (exact) mass is 430 g/mol. The predicted molar refractivity (Wildman–Crippen MR) is 131 cm³/mol. The van der Waals surface area contributed by atoms with Crippen molar-refractivity contribution >= 4 is 0 Å². The first kappa shape index (κ1) is 22.4. The number of ether oxygens (including phenoxy) is 2. The molecule has 0 aliphatic carbocycles. The molecule has 1 heterocycles. The fourth-order valence-corrected chi connectivity index (χ4v) is 4.27. The number of hydrogen-bond acceptors (Lipinski definition) is 4. The van der Waals surface area contributed by atoms with Gasteiger partial charge in [0.2, 0.25) is 0 Å². The molecule has 1 saturated heterocycles. The van der Waals surface area contributed by atoms with Crippen molar-refractivity contribution in [3.05, 3.63) is 84.4 Å². The van der Waals surface area contributed by atoms with Gasteiger partial charge in [-0.05, 0) is 48.4 Å². The van der Waals surface area contributed by atoms with Crippen LogP contribution < -0.4 is 14.8 Å². The van der Waals surface area contributed by atoms with Gasteiger partial charge in [0.25, 0.3) is 0 Å². The molecule has 3 aromatic rings. The van der Waals surface area contributed by atoms with Crippen LogP contribution in [0.15, 0.2) is 78.9 Å². The van der Waals surface area contributed by atoms with Crippen LogP contribution in [0.1, 0.15) is 44.2 Å². The van der Waals surface area contributed by atoms with E-state index < -0.39 is 0 Å². The predicted octanol–water partition coefficient (Wildman–Crippen LogP) is 6.80. The van der Waals surface area contributed by atoms with Crippen molar-refractivity contribution in [1.82, 2.24) is 10.2 Å². The van der Waals surface area contributed by atoms with Crippen LogP contribution in [0.3, 0.4) is 0 Å². The molecule has 32 heavy (non-hydrogen) atoms. The molecule has 0 bridgehead atoms. The third-order valence-corrected chi connectivity index (χ3v) is 5.97. The summed E-state index contributed by atoms with van der Waals surface area (Å²) in [6.07, 6.45) is 4.91. The molecule has 0 unspecified atom stereocenters. The van der Waals surface area contributed by atoms with Gasteiger partial charge in [0.1, 0.15) is 11.5 Å². The van der Waals surface area contributed by atoms with Gasteiger partial charge >= 0.3 is 0 Å². The van der Waals surface area contributed by atoms with Gasteiger partial charge in [-0.25, -0.2) is 0 Å². The van der Waals surface area contributed by atoms with Crippen LogP contribution >= 0.6 is 0 Å². The van der Waals surface area contributed by atoms with Crippen molar-refractivity contribution < 1.29 is 9.47 Å². The summed E-state index contributed by atoms with van der Waals surface area (Å²) < 4.78 is 12.5. The van der Waals surface area contributed by atoms with Gasteiger partial charge in [-0.2, -0.15) is 0 Å². The Morgan fingerprint density at radius 3 is 2.03 bits per heavy atom. The molecule has 0 aromatic heterocycles. The highest BCUT2D eigenvalue weighted by atomic mass is 16.5. The molecule has 0 radical (unpaired) electrons. The summed E-state index contributed by atoms with van der Waals surface area (Å²) in [6.45, 7) is 6.52. The summed E-state index contributed by atoms with van der Waals surface area (Å²) in [6, 6.07) is 26.7. The number of unbranched alkanes of at least 4 members (excludes halogenated alkanes) is 2. The zero-order valence-corrected chi connectivity index (χ0v) is 19.0. The van der Waals surface area contributed by atoms with Crippen molar-refractivity contribution in [2.24, 2.45) is 0 Å². The van der Waals surface area contributed by atoms with E-state index in [1.54, 1.807) is 0 Å². The second-order valence-electron chi connectivity index (χ2n) is 8.33. The minimum atomic E-state index is 0.396. The van der Waals surface area contributed by atoms with E-state index in [2.05, 4.69) is 35.3 Å². The number of benzene rings is 3. The first-order chi connectivity index (χ1) is 15.8. The van der Waals surface area contributed by atoms with Gasteiger partial charge < -0.3 is 14.8 Å². The van der Waals surface area contributed by atoms with E-state index in [1.165, 1.54) is 24.8 Å². The van der Waals surface area contributed by atoms with Crippen molar-refractivity contribution in [2.45, 2.75) is 38.6 Å². The van der Waals surface area contributed by atoms with Crippen LogP contribution in [0.2, 0.25) is 0 Å². The summed E-state index contributed by atoms with van der Waals surface area (Å²) in [5.74, 6) is 3.11. The highest BCUT2D eigenvalue weighted by molar-refractivity contribution is 5.48. The molecule has 168 valence electrons. The maximum absolute atomic E-state index is 6.33. The van der Waals surface area contributed by atoms with E-state index in [0.29, 0.717) is 6.04 Å². The number of hydrogen-bond donors (Lipinski definition) is 1. The van der Waals surface area contributed by atoms with Crippen molar-refractivity contribution in [3.8, 4) is 23.0 Å². The average molecular weight is 431 g/mol. The minimum absolute atomic E-state index is 0.396. The minimum Gasteiger partial charge on any atom is -0.453 e. The second kappa shape index (κ2) is 11.7. The molecule has 1 N–H and O–H groups in total. The van der Waals surface area contributed by atoms with Gasteiger partial charge in [0, 0.05) is 32.2 Å². The first-order valence-corrected chi connectivity index (χ1v) is 11.9. The van der Waals surface area contributed by atoms with Crippen LogP contribution in [0.4, 0.5) is 0 Å². The van der Waals surface area contributed by atoms with Crippen LogP contribution in [0.25, 0.3) is 0 Å². The molecule has 0 spiro atoms. The molecule has 4 rings (SSSR count). The average Bonchev–Trinajstić information content (AvgIpc) is 2.85. The van der Waals surface area contributed by atoms with Crippen LogP contribution in [0, 0.1) is 0 Å². The van der Waals surface area contributed by atoms with Crippen LogP contribution in [-0.4, -0.2) is 31.1 Å². The lowest BCUT2D eigenvalue weighted by molar-refractivity contribution is 0.162. The van der Waals surface area contributed by atoms with E-state index in [0.717, 1.165) is 55.6 Å². The Bertz CT molecular complexity index is 940. The molecule has 1 atom stereocenters. The van der Waals surface area contributed by atoms with Gasteiger partial charge in [0.15, 0.2) is 11.5 Å². The maximum Gasteiger partial charge on any atom is 0.170 e. The molecule has 4 heteroatoms. The molecule has 1 fully saturated rings. The number of nitrogens with zero attached hydrogens (tertiary/aromatic N) is 1. The third-order valence-electron chi connectivity index (χ3n) is 5.97. The molecule has 1 aliphatic heterocycles. The smallest absolute Gasteiger partial charge is 0.170 e. The topological polar surface area (TPSA) is 33.7 Å². The van der Waals surface area contributed by atoms with Crippen molar-refractivity contribution in [1.29, 1.82) is 0 Å². The summed E-state index contributed by atoms with van der Waals surface area (Å²) in [5, 5.41) is 3.48. The Hall–Kier alpha value is -2.82. The zero-order chi connectivity index (χ0) is 22.0. The number of para-hydroxylation sites is 2. The van der Waals surface area contributed by atoms with E-state index in [-0.39, 0.29) is 0 Å². The Morgan fingerprint density at radius 1 is 0.781 bits per heavy atom. The summed E-state index contributed by atoms with van der Waals surface area (Å²) in [7, 11) is 0. The quantitative estimate of drug-likeness (QED) is 0.359. The van der Waals surface area contributed by atoms with Gasteiger partial charge in [-0.3, -0.25) is 4.90 Å². The van der Waals surface area contributed by atoms with Crippen LogP contribution in [0.5, 0.6) is 23.0 Å². The SMILES string of the molecule is CCCCC[C@H](c1ccc(Oc2ccccc2)c(Oc2ccccc2)c1)N1CCNCC1. The Morgan fingerprint density at radius 2 is 1.41 bits per heavy atom. The molecular formula is C28H34N2O2. The van der Waals surface area contributed by atoms with Crippen molar-refractivity contribution in [3.63, 3.8) is 0 Å². The van der Waals surface area contributed by atoms with E-state index in [4.69, 9.17) is 9.47 Å². The lowest BCUT2D eigenvalue weighted by Crippen LogP contribution is -2.45. The summed E-state index contributed by atoms with van der Waals surface area (Å²) >= 11 is 0. The van der Waals surface area contributed by atoms with E-state index in [9.17, 15) is 0 Å². The van der Waals surface area contributed by atoms with E-state index in [1.807, 2.05) is 60.7 Å². The number of nitrogens with one attached hydrogen (secondary N) is 1. The molecule has 0 amide bonds. The maximum atomic E-state index is 6.33. The fraction of sp³-hybridized carbons (Fsp3) is 0.357. The molecule has 1 aliphatic rings. The summed E-state index contributed by atoms with van der Waals surface area (Å²) in [5.41, 5.74) is 1.30. The van der Waals surface area contributed by atoms with Crippen molar-refractivity contribution in [2.75, 3.05) is 26.2 Å². The highest BCUT2D eigenvalue weighted by Gasteiger charge is 2.23. The number of piperazine rings is 1. The number of rotatable bonds is 10. The normalized spacial score (nSPS) is 15.3. The lowest BCUT2D eigenvalue weighted by atomic mass is 9.97. The van der Waals surface area contributed by atoms with Gasteiger partial charge in [0.05, 0.1) is 0 Å². The Labute approximate surface area is 192 Å². The molecular weight excluding hydrogens is 396 g/mol. The second-order valence-corrected chi connectivity index (χ2v) is 8.33. The van der Waals surface area contributed by atoms with Gasteiger partial charge in [-0.1, -0.05) is 68.7 Å². The summed E-state index contributed by atoms with van der Waals surface area (Å²) in [4.78, 5) is 2.62. The van der Waals surface area contributed by atoms with Gasteiger partial charge in [-0.15, -0.1) is 0 Å².